The van der Waals surface area contributed by atoms with E-state index in [1.54, 1.807) is 0 Å². The number of carboxylic acids is 1. The summed E-state index contributed by atoms with van der Waals surface area (Å²) in [5.41, 5.74) is 0.304. The minimum Gasteiger partial charge on any atom is -0.479 e. The first-order valence-electron chi connectivity index (χ1n) is 7.16. The highest BCUT2D eigenvalue weighted by atomic mass is 16.6. The molecule has 2 aliphatic rings. The Morgan fingerprint density at radius 1 is 1.19 bits per heavy atom. The van der Waals surface area contributed by atoms with Crippen LogP contribution in [-0.2, 0) is 23.9 Å². The van der Waals surface area contributed by atoms with E-state index in [0.29, 0.717) is 5.41 Å². The first kappa shape index (κ1) is 15.5. The van der Waals surface area contributed by atoms with E-state index in [1.165, 1.54) is 25.7 Å². The van der Waals surface area contributed by atoms with Gasteiger partial charge in [0.15, 0.2) is 6.61 Å². The maximum Gasteiger partial charge on any atom is 0.341 e. The van der Waals surface area contributed by atoms with Crippen molar-refractivity contribution in [2.24, 2.45) is 5.41 Å². The summed E-state index contributed by atoms with van der Waals surface area (Å²) in [6.07, 6.45) is 6.45. The third kappa shape index (κ3) is 4.06. The van der Waals surface area contributed by atoms with Crippen molar-refractivity contribution in [3.63, 3.8) is 0 Å². The molecule has 1 spiro atoms. The molecule has 1 N–H and O–H groups in total. The minimum atomic E-state index is -1.25. The zero-order valence-electron chi connectivity index (χ0n) is 11.9. The molecular weight excluding hydrogens is 276 g/mol. The fourth-order valence-electron chi connectivity index (χ4n) is 3.23. The van der Waals surface area contributed by atoms with Crippen molar-refractivity contribution in [2.45, 2.75) is 51.0 Å². The van der Waals surface area contributed by atoms with Crippen LogP contribution in [0.2, 0.25) is 0 Å². The van der Waals surface area contributed by atoms with Crippen molar-refractivity contribution < 1.29 is 29.0 Å². The predicted molar refractivity (Wildman–Crippen MR) is 72.4 cm³/mol. The summed E-state index contributed by atoms with van der Waals surface area (Å²) in [5.74, 6) is -2.64. The van der Waals surface area contributed by atoms with Gasteiger partial charge in [-0.3, -0.25) is 4.79 Å². The van der Waals surface area contributed by atoms with Gasteiger partial charge in [0.1, 0.15) is 6.10 Å². The average Bonchev–Trinajstić information content (AvgIpc) is 2.84. The van der Waals surface area contributed by atoms with Crippen LogP contribution in [0.4, 0.5) is 0 Å². The first-order chi connectivity index (χ1) is 9.90. The van der Waals surface area contributed by atoms with Gasteiger partial charge in [-0.2, -0.15) is 0 Å². The molecule has 0 heterocycles. The molecular formula is C15H20O6. The normalized spacial score (nSPS) is 19.8. The first-order valence-corrected chi connectivity index (χ1v) is 7.16. The molecule has 21 heavy (non-hydrogen) atoms. The Balaban J connectivity index is 1.66. The summed E-state index contributed by atoms with van der Waals surface area (Å²) in [6, 6.07) is 0. The molecule has 0 radical (unpaired) electrons. The van der Waals surface area contributed by atoms with Gasteiger partial charge >= 0.3 is 17.9 Å². The topological polar surface area (TPSA) is 89.9 Å². The highest BCUT2D eigenvalue weighted by Gasteiger charge is 2.47. The number of carboxylic acid groups (broad SMARTS) is 1. The second kappa shape index (κ2) is 6.28. The Morgan fingerprint density at radius 3 is 2.38 bits per heavy atom. The zero-order chi connectivity index (χ0) is 15.5. The van der Waals surface area contributed by atoms with E-state index in [1.807, 2.05) is 0 Å². The van der Waals surface area contributed by atoms with Crippen molar-refractivity contribution >= 4 is 17.9 Å². The number of rotatable bonds is 6. The smallest absolute Gasteiger partial charge is 0.341 e. The van der Waals surface area contributed by atoms with Gasteiger partial charge in [0.05, 0.1) is 6.42 Å². The maximum absolute atomic E-state index is 11.7. The molecule has 0 saturated heterocycles. The van der Waals surface area contributed by atoms with E-state index < -0.39 is 24.5 Å². The highest BCUT2D eigenvalue weighted by molar-refractivity contribution is 5.94. The summed E-state index contributed by atoms with van der Waals surface area (Å²) >= 11 is 0. The molecule has 6 nitrogen and oxygen atoms in total. The molecule has 2 fully saturated rings. The van der Waals surface area contributed by atoms with E-state index in [2.05, 4.69) is 11.3 Å². The average molecular weight is 296 g/mol. The molecule has 2 rings (SSSR count). The summed E-state index contributed by atoms with van der Waals surface area (Å²) in [6.45, 7) is 2.69. The van der Waals surface area contributed by atoms with E-state index in [4.69, 9.17) is 9.84 Å². The number of hydrogen-bond acceptors (Lipinski definition) is 5. The summed E-state index contributed by atoms with van der Waals surface area (Å²) in [7, 11) is 0. The van der Waals surface area contributed by atoms with E-state index in [9.17, 15) is 14.4 Å². The second-order valence-electron chi connectivity index (χ2n) is 5.98. The Kier molecular flexibility index (Phi) is 4.65. The molecule has 0 aliphatic heterocycles. The number of carbonyl (C=O) groups excluding carboxylic acids is 2. The van der Waals surface area contributed by atoms with Crippen LogP contribution in [0.1, 0.15) is 44.9 Å². The fourth-order valence-corrected chi connectivity index (χ4v) is 3.23. The highest BCUT2D eigenvalue weighted by Crippen LogP contribution is 2.54. The van der Waals surface area contributed by atoms with Gasteiger partial charge in [-0.15, -0.1) is 0 Å². The van der Waals surface area contributed by atoms with Gasteiger partial charge < -0.3 is 14.6 Å². The monoisotopic (exact) mass is 296 g/mol. The largest absolute Gasteiger partial charge is 0.479 e. The van der Waals surface area contributed by atoms with Crippen molar-refractivity contribution in [2.75, 3.05) is 6.61 Å². The molecule has 0 aromatic rings. The number of esters is 2. The molecule has 0 bridgehead atoms. The molecule has 0 unspecified atom stereocenters. The predicted octanol–water partition coefficient (Wildman–Crippen LogP) is 1.83. The van der Waals surface area contributed by atoms with Gasteiger partial charge in [0, 0.05) is 5.57 Å². The number of aliphatic carboxylic acids is 1. The van der Waals surface area contributed by atoms with Crippen LogP contribution < -0.4 is 0 Å². The van der Waals surface area contributed by atoms with Crippen molar-refractivity contribution in [3.05, 3.63) is 12.2 Å². The molecule has 0 aromatic carbocycles. The zero-order valence-corrected chi connectivity index (χ0v) is 11.9. The Bertz CT molecular complexity index is 453. The molecule has 116 valence electrons. The van der Waals surface area contributed by atoms with Gasteiger partial charge in [0.25, 0.3) is 0 Å². The lowest BCUT2D eigenvalue weighted by Crippen LogP contribution is -2.41. The fraction of sp³-hybridized carbons (Fsp3) is 0.667. The summed E-state index contributed by atoms with van der Waals surface area (Å²) in [4.78, 5) is 33.3. The molecule has 0 aromatic heterocycles. The lowest BCUT2D eigenvalue weighted by atomic mass is 9.65. The third-order valence-corrected chi connectivity index (χ3v) is 4.26. The molecule has 0 atom stereocenters. The van der Waals surface area contributed by atoms with Crippen LogP contribution in [0.3, 0.4) is 0 Å². The van der Waals surface area contributed by atoms with E-state index in [-0.39, 0.29) is 18.1 Å². The minimum absolute atomic E-state index is 0.0570. The van der Waals surface area contributed by atoms with Crippen LogP contribution in [0, 0.1) is 5.41 Å². The summed E-state index contributed by atoms with van der Waals surface area (Å²) < 4.78 is 9.74. The number of hydrogen-bond donors (Lipinski definition) is 1. The SMILES string of the molecule is C=C(CC(=O)OC1CC2(CCCC2)C1)C(=O)OCC(=O)O. The van der Waals surface area contributed by atoms with Crippen LogP contribution in [0.5, 0.6) is 0 Å². The molecule has 6 heteroatoms. The number of carbonyl (C=O) groups is 3. The van der Waals surface area contributed by atoms with Crippen LogP contribution in [-0.4, -0.2) is 35.7 Å². The van der Waals surface area contributed by atoms with Crippen molar-refractivity contribution in [3.8, 4) is 0 Å². The lowest BCUT2D eigenvalue weighted by molar-refractivity contribution is -0.161. The Labute approximate surface area is 123 Å². The second-order valence-corrected chi connectivity index (χ2v) is 5.98. The Hall–Kier alpha value is -1.85. The van der Waals surface area contributed by atoms with Crippen molar-refractivity contribution in [1.82, 2.24) is 0 Å². The van der Waals surface area contributed by atoms with Gasteiger partial charge in [-0.05, 0) is 31.1 Å². The molecule has 2 aliphatic carbocycles. The van der Waals surface area contributed by atoms with E-state index in [0.717, 1.165) is 12.8 Å². The number of ether oxygens (including phenoxy) is 2. The summed E-state index contributed by atoms with van der Waals surface area (Å²) in [5, 5.41) is 8.39. The van der Waals surface area contributed by atoms with Gasteiger partial charge in [-0.25, -0.2) is 9.59 Å². The van der Waals surface area contributed by atoms with Gasteiger partial charge in [0.2, 0.25) is 0 Å². The molecule has 2 saturated carbocycles. The Morgan fingerprint density at radius 2 is 1.81 bits per heavy atom. The maximum atomic E-state index is 11.7. The van der Waals surface area contributed by atoms with Crippen LogP contribution in [0.25, 0.3) is 0 Å². The van der Waals surface area contributed by atoms with Crippen LogP contribution >= 0.6 is 0 Å². The molecule has 0 amide bonds. The lowest BCUT2D eigenvalue weighted by Gasteiger charge is -2.44. The van der Waals surface area contributed by atoms with E-state index >= 15 is 0 Å². The standard InChI is InChI=1S/C15H20O6/c1-10(14(19)20-9-12(16)17)6-13(18)21-11-7-15(8-11)4-2-3-5-15/h11H,1-9H2,(H,16,17). The quantitative estimate of drug-likeness (QED) is 0.594. The van der Waals surface area contributed by atoms with Crippen molar-refractivity contribution in [1.29, 1.82) is 0 Å². The van der Waals surface area contributed by atoms with Crippen LogP contribution in [0.15, 0.2) is 12.2 Å². The third-order valence-electron chi connectivity index (χ3n) is 4.26. The van der Waals surface area contributed by atoms with Gasteiger partial charge in [-0.1, -0.05) is 19.4 Å².